The summed E-state index contributed by atoms with van der Waals surface area (Å²) < 4.78 is 0. The minimum absolute atomic E-state index is 0. The summed E-state index contributed by atoms with van der Waals surface area (Å²) >= 11 is 0. The van der Waals surface area contributed by atoms with Gasteiger partial charge in [-0.05, 0) is 19.4 Å². The van der Waals surface area contributed by atoms with E-state index in [2.05, 4.69) is 17.1 Å². The lowest BCUT2D eigenvalue weighted by Gasteiger charge is -2.38. The van der Waals surface area contributed by atoms with Crippen LogP contribution in [0.2, 0.25) is 0 Å². The molecule has 0 aromatic rings. The Morgan fingerprint density at radius 1 is 1.33 bits per heavy atom. The third-order valence-electron chi connectivity index (χ3n) is 4.21. The van der Waals surface area contributed by atoms with Crippen molar-refractivity contribution in [2.45, 2.75) is 32.7 Å². The zero-order chi connectivity index (χ0) is 12.3. The third kappa shape index (κ3) is 3.59. The summed E-state index contributed by atoms with van der Waals surface area (Å²) in [5.74, 6) is 0.534. The molecule has 0 aromatic heterocycles. The molecule has 2 unspecified atom stereocenters. The van der Waals surface area contributed by atoms with Gasteiger partial charge in [-0.2, -0.15) is 0 Å². The normalized spacial score (nSPS) is 26.8. The fourth-order valence-electron chi connectivity index (χ4n) is 2.74. The van der Waals surface area contributed by atoms with E-state index in [0.717, 1.165) is 45.7 Å². The van der Waals surface area contributed by atoms with Crippen molar-refractivity contribution in [1.29, 1.82) is 0 Å². The number of carbonyl (C=O) groups is 1. The van der Waals surface area contributed by atoms with E-state index in [9.17, 15) is 4.79 Å². The van der Waals surface area contributed by atoms with E-state index in [1.165, 1.54) is 6.42 Å². The van der Waals surface area contributed by atoms with Crippen LogP contribution in [0, 0.1) is 5.92 Å². The minimum atomic E-state index is 0. The second kappa shape index (κ2) is 7.31. The van der Waals surface area contributed by atoms with Crippen LogP contribution in [0.5, 0.6) is 0 Å². The van der Waals surface area contributed by atoms with Gasteiger partial charge in [0.1, 0.15) is 0 Å². The Bertz CT molecular complexity index is 261. The van der Waals surface area contributed by atoms with Crippen LogP contribution >= 0.6 is 12.4 Å². The van der Waals surface area contributed by atoms with Crippen molar-refractivity contribution >= 4 is 18.3 Å². The van der Waals surface area contributed by atoms with Crippen LogP contribution in [0.3, 0.4) is 0 Å². The Balaban J connectivity index is 0.00000162. The van der Waals surface area contributed by atoms with Gasteiger partial charge in [0.2, 0.25) is 5.91 Å². The average Bonchev–Trinajstić information content (AvgIpc) is 2.91. The highest BCUT2D eigenvalue weighted by Crippen LogP contribution is 2.14. The molecule has 2 rings (SSSR count). The van der Waals surface area contributed by atoms with Crippen molar-refractivity contribution in [2.24, 2.45) is 5.92 Å². The van der Waals surface area contributed by atoms with Crippen molar-refractivity contribution < 1.29 is 4.79 Å². The van der Waals surface area contributed by atoms with E-state index in [4.69, 9.17) is 0 Å². The lowest BCUT2D eigenvalue weighted by atomic mass is 10.1. The molecule has 2 heterocycles. The molecular weight excluding hydrogens is 250 g/mol. The maximum Gasteiger partial charge on any atom is 0.225 e. The first-order valence-corrected chi connectivity index (χ1v) is 6.96. The first kappa shape index (κ1) is 15.7. The predicted molar refractivity (Wildman–Crippen MR) is 76.1 cm³/mol. The smallest absolute Gasteiger partial charge is 0.225 e. The van der Waals surface area contributed by atoms with Crippen LogP contribution in [0.4, 0.5) is 0 Å². The molecule has 18 heavy (non-hydrogen) atoms. The van der Waals surface area contributed by atoms with E-state index < -0.39 is 0 Å². The van der Waals surface area contributed by atoms with Crippen molar-refractivity contribution in [3.8, 4) is 0 Å². The number of amides is 1. The Morgan fingerprint density at radius 3 is 2.50 bits per heavy atom. The zero-order valence-electron chi connectivity index (χ0n) is 11.5. The molecule has 0 saturated carbocycles. The molecule has 2 aliphatic rings. The number of hydrogen-bond acceptors (Lipinski definition) is 3. The largest absolute Gasteiger partial charge is 0.340 e. The van der Waals surface area contributed by atoms with Crippen LogP contribution in [0.15, 0.2) is 0 Å². The summed E-state index contributed by atoms with van der Waals surface area (Å²) in [4.78, 5) is 16.6. The fraction of sp³-hybridized carbons (Fsp3) is 0.923. The number of piperazine rings is 1. The van der Waals surface area contributed by atoms with Gasteiger partial charge >= 0.3 is 0 Å². The molecule has 106 valence electrons. The third-order valence-corrected chi connectivity index (χ3v) is 4.21. The molecule has 1 amide bonds. The molecular formula is C13H26ClN3O. The summed E-state index contributed by atoms with van der Waals surface area (Å²) in [7, 11) is 0. The first-order chi connectivity index (χ1) is 8.22. The lowest BCUT2D eigenvalue weighted by molar-refractivity contribution is -0.137. The summed E-state index contributed by atoms with van der Waals surface area (Å²) in [5, 5.41) is 3.41. The molecule has 2 aliphatic heterocycles. The van der Waals surface area contributed by atoms with Gasteiger partial charge in [-0.25, -0.2) is 0 Å². The van der Waals surface area contributed by atoms with Crippen LogP contribution in [0.25, 0.3) is 0 Å². The molecule has 5 heteroatoms. The monoisotopic (exact) mass is 275 g/mol. The van der Waals surface area contributed by atoms with Crippen molar-refractivity contribution in [3.63, 3.8) is 0 Å². The maximum absolute atomic E-state index is 12.1. The average molecular weight is 276 g/mol. The van der Waals surface area contributed by atoms with E-state index in [1.54, 1.807) is 0 Å². The molecule has 4 nitrogen and oxygen atoms in total. The van der Waals surface area contributed by atoms with E-state index >= 15 is 0 Å². The molecule has 0 spiro atoms. The van der Waals surface area contributed by atoms with Gasteiger partial charge in [-0.3, -0.25) is 9.69 Å². The maximum atomic E-state index is 12.1. The van der Waals surface area contributed by atoms with Gasteiger partial charge in [0.05, 0.1) is 0 Å². The highest BCUT2D eigenvalue weighted by Gasteiger charge is 2.28. The number of carbonyl (C=O) groups excluding carboxylic acids is 1. The van der Waals surface area contributed by atoms with Gasteiger partial charge in [-0.15, -0.1) is 12.4 Å². The molecule has 0 aromatic carbocycles. The number of nitrogens with zero attached hydrogens (tertiary/aromatic N) is 2. The summed E-state index contributed by atoms with van der Waals surface area (Å²) in [6.45, 7) is 10.3. The quantitative estimate of drug-likeness (QED) is 0.833. The Hall–Kier alpha value is -0.320. The van der Waals surface area contributed by atoms with Gasteiger partial charge in [0, 0.05) is 44.7 Å². The lowest BCUT2D eigenvalue weighted by Crippen LogP contribution is -2.53. The Morgan fingerprint density at radius 2 is 2.00 bits per heavy atom. The van der Waals surface area contributed by atoms with Gasteiger partial charge in [-0.1, -0.05) is 13.8 Å². The number of halogens is 1. The van der Waals surface area contributed by atoms with E-state index in [-0.39, 0.29) is 18.3 Å². The second-order valence-electron chi connectivity index (χ2n) is 5.32. The highest BCUT2D eigenvalue weighted by molar-refractivity contribution is 5.85. The molecule has 0 radical (unpaired) electrons. The summed E-state index contributed by atoms with van der Waals surface area (Å²) in [6, 6.07) is 0.704. The number of hydrogen-bond donors (Lipinski definition) is 1. The van der Waals surface area contributed by atoms with E-state index in [1.807, 2.05) is 11.8 Å². The summed E-state index contributed by atoms with van der Waals surface area (Å²) in [6.07, 6.45) is 2.21. The Kier molecular flexibility index (Phi) is 6.39. The first-order valence-electron chi connectivity index (χ1n) is 6.96. The zero-order valence-corrected chi connectivity index (χ0v) is 12.3. The van der Waals surface area contributed by atoms with Crippen LogP contribution in [-0.4, -0.2) is 61.0 Å². The van der Waals surface area contributed by atoms with Crippen molar-refractivity contribution in [1.82, 2.24) is 15.1 Å². The topological polar surface area (TPSA) is 35.6 Å². The molecule has 2 atom stereocenters. The van der Waals surface area contributed by atoms with Crippen LogP contribution in [0.1, 0.15) is 26.7 Å². The highest BCUT2D eigenvalue weighted by atomic mass is 35.5. The number of nitrogens with one attached hydrogen (secondary N) is 1. The SMILES string of the molecule is CCC(C)C(=O)N1CCN(C2CCNC2)CC1.Cl. The minimum Gasteiger partial charge on any atom is -0.340 e. The van der Waals surface area contributed by atoms with Gasteiger partial charge in [0.25, 0.3) is 0 Å². The van der Waals surface area contributed by atoms with Crippen molar-refractivity contribution in [3.05, 3.63) is 0 Å². The molecule has 2 saturated heterocycles. The number of rotatable bonds is 3. The van der Waals surface area contributed by atoms with Crippen molar-refractivity contribution in [2.75, 3.05) is 39.3 Å². The molecule has 1 N–H and O–H groups in total. The second-order valence-corrected chi connectivity index (χ2v) is 5.32. The standard InChI is InChI=1S/C13H25N3O.ClH/c1-3-11(2)13(17)16-8-6-15(7-9-16)12-4-5-14-10-12;/h11-12,14H,3-10H2,1-2H3;1H. The predicted octanol–water partition coefficient (Wildman–Crippen LogP) is 0.960. The Labute approximate surface area is 116 Å². The van der Waals surface area contributed by atoms with Crippen LogP contribution in [-0.2, 0) is 4.79 Å². The fourth-order valence-corrected chi connectivity index (χ4v) is 2.74. The van der Waals surface area contributed by atoms with Gasteiger partial charge in [0.15, 0.2) is 0 Å². The molecule has 0 aliphatic carbocycles. The summed E-state index contributed by atoms with van der Waals surface area (Å²) in [5.41, 5.74) is 0. The molecule has 2 fully saturated rings. The van der Waals surface area contributed by atoms with Crippen LogP contribution < -0.4 is 5.32 Å². The molecule has 0 bridgehead atoms. The van der Waals surface area contributed by atoms with Gasteiger partial charge < -0.3 is 10.2 Å². The van der Waals surface area contributed by atoms with E-state index in [0.29, 0.717) is 11.9 Å².